The maximum atomic E-state index is 12.5. The van der Waals surface area contributed by atoms with Crippen molar-refractivity contribution in [2.45, 2.75) is 12.8 Å². The van der Waals surface area contributed by atoms with E-state index in [-0.39, 0.29) is 31.0 Å². The smallest absolute Gasteiger partial charge is 0.264 e. The first-order valence-electron chi connectivity index (χ1n) is 8.21. The van der Waals surface area contributed by atoms with Gasteiger partial charge in [0, 0.05) is 17.5 Å². The third kappa shape index (κ3) is 7.13. The van der Waals surface area contributed by atoms with E-state index in [1.165, 1.54) is 0 Å². The molecule has 2 aromatic carbocycles. The molecule has 1 N–H and O–H groups in total. The molecule has 0 saturated carbocycles. The Bertz CT molecular complexity index is 992. The molecule has 0 saturated heterocycles. The topological polar surface area (TPSA) is 110 Å². The molecule has 0 fully saturated rings. The predicted molar refractivity (Wildman–Crippen MR) is 107 cm³/mol. The van der Waals surface area contributed by atoms with Gasteiger partial charge in [-0.3, -0.25) is 14.1 Å². The highest BCUT2D eigenvalue weighted by atomic mass is 32.2. The zero-order valence-corrected chi connectivity index (χ0v) is 16.3. The summed E-state index contributed by atoms with van der Waals surface area (Å²) < 4.78 is 35.2. The molecule has 7 nitrogen and oxygen atoms in total. The highest BCUT2D eigenvalue weighted by Crippen LogP contribution is 2.18. The molecule has 28 heavy (non-hydrogen) atoms. The number of carbonyl (C=O) groups is 2. The van der Waals surface area contributed by atoms with Crippen LogP contribution in [0.25, 0.3) is 0 Å². The number of benzene rings is 2. The Morgan fingerprint density at radius 2 is 1.61 bits per heavy atom. The summed E-state index contributed by atoms with van der Waals surface area (Å²) in [5.74, 6) is -0.520. The summed E-state index contributed by atoms with van der Waals surface area (Å²) in [4.78, 5) is 27.9. The SMILES string of the molecule is O=C(CCCS(=O)(=O)O)COc1ccc(C(=O)c2ccc(N=C=S)cc2)cc1. The molecule has 9 heteroatoms. The number of ether oxygens (including phenoxy) is 1. The molecule has 146 valence electrons. The van der Waals surface area contributed by atoms with Gasteiger partial charge in [0.15, 0.2) is 11.6 Å². The second-order valence-electron chi connectivity index (χ2n) is 5.82. The van der Waals surface area contributed by atoms with Crippen LogP contribution in [0.3, 0.4) is 0 Å². The van der Waals surface area contributed by atoms with Crippen LogP contribution >= 0.6 is 12.2 Å². The molecule has 0 bridgehead atoms. The molecule has 0 atom stereocenters. The molecule has 0 amide bonds. The van der Waals surface area contributed by atoms with Gasteiger partial charge in [0.2, 0.25) is 0 Å². The standard InChI is InChI=1S/C19H17NO6S2/c21-17(2-1-11-28(23,24)25)12-26-18-9-5-15(6-10-18)19(22)14-3-7-16(8-4-14)20-13-27/h3-10H,1-2,11-12H2,(H,23,24,25). The molecule has 0 aliphatic carbocycles. The van der Waals surface area contributed by atoms with Crippen LogP contribution in [0.15, 0.2) is 53.5 Å². The summed E-state index contributed by atoms with van der Waals surface area (Å²) in [6.07, 6.45) is 0.0165. The molecule has 2 aromatic rings. The third-order valence-corrected chi connectivity index (χ3v) is 4.57. The van der Waals surface area contributed by atoms with Gasteiger partial charge in [0.1, 0.15) is 12.4 Å². The van der Waals surface area contributed by atoms with Crippen molar-refractivity contribution in [3.8, 4) is 5.75 Å². The average molecular weight is 419 g/mol. The first-order valence-corrected chi connectivity index (χ1v) is 10.2. The van der Waals surface area contributed by atoms with Gasteiger partial charge in [-0.2, -0.15) is 13.4 Å². The minimum absolute atomic E-state index is 0.0143. The lowest BCUT2D eigenvalue weighted by Gasteiger charge is -2.07. The van der Waals surface area contributed by atoms with E-state index in [0.29, 0.717) is 22.6 Å². The maximum absolute atomic E-state index is 12.5. The van der Waals surface area contributed by atoms with Crippen molar-refractivity contribution in [3.05, 3.63) is 59.7 Å². The van der Waals surface area contributed by atoms with Crippen LogP contribution in [0.4, 0.5) is 5.69 Å². The summed E-state index contributed by atoms with van der Waals surface area (Å²) >= 11 is 4.53. The number of isothiocyanates is 1. The van der Waals surface area contributed by atoms with E-state index in [1.54, 1.807) is 48.5 Å². The van der Waals surface area contributed by atoms with Gasteiger partial charge in [-0.15, -0.1) is 0 Å². The second kappa shape index (κ2) is 10.0. The van der Waals surface area contributed by atoms with Gasteiger partial charge in [-0.05, 0) is 67.2 Å². The van der Waals surface area contributed by atoms with E-state index >= 15 is 0 Å². The summed E-state index contributed by atoms with van der Waals surface area (Å²) in [7, 11) is -4.07. The van der Waals surface area contributed by atoms with Crippen molar-refractivity contribution >= 4 is 44.8 Å². The number of nitrogens with zero attached hydrogens (tertiary/aromatic N) is 1. The second-order valence-corrected chi connectivity index (χ2v) is 7.58. The molecule has 0 unspecified atom stereocenters. The lowest BCUT2D eigenvalue weighted by Crippen LogP contribution is -2.13. The summed E-state index contributed by atoms with van der Waals surface area (Å²) in [6.45, 7) is -0.222. The molecule has 0 heterocycles. The fourth-order valence-corrected chi connectivity index (χ4v) is 2.91. The molecule has 0 aliphatic rings. The average Bonchev–Trinajstić information content (AvgIpc) is 2.66. The number of rotatable bonds is 10. The lowest BCUT2D eigenvalue weighted by atomic mass is 10.0. The summed E-state index contributed by atoms with van der Waals surface area (Å²) in [5, 5.41) is 2.26. The van der Waals surface area contributed by atoms with Crippen molar-refractivity contribution in [3.63, 3.8) is 0 Å². The molecular weight excluding hydrogens is 402 g/mol. The van der Waals surface area contributed by atoms with Crippen molar-refractivity contribution in [2.24, 2.45) is 4.99 Å². The van der Waals surface area contributed by atoms with Crippen LogP contribution in [0.5, 0.6) is 5.75 Å². The monoisotopic (exact) mass is 419 g/mol. The first-order chi connectivity index (χ1) is 13.3. The highest BCUT2D eigenvalue weighted by Gasteiger charge is 2.11. The molecule has 0 radical (unpaired) electrons. The van der Waals surface area contributed by atoms with E-state index in [1.807, 2.05) is 0 Å². The van der Waals surface area contributed by atoms with Gasteiger partial charge in [0.25, 0.3) is 10.1 Å². The first kappa shape index (κ1) is 21.6. The zero-order valence-electron chi connectivity index (χ0n) is 14.7. The molecule has 2 rings (SSSR count). The number of carbonyl (C=O) groups excluding carboxylic acids is 2. The number of hydrogen-bond donors (Lipinski definition) is 1. The van der Waals surface area contributed by atoms with Crippen LogP contribution < -0.4 is 4.74 Å². The van der Waals surface area contributed by atoms with Gasteiger partial charge in [-0.1, -0.05) is 0 Å². The number of aliphatic imine (C=N–C) groups is 1. The van der Waals surface area contributed by atoms with Gasteiger partial charge in [0.05, 0.1) is 16.6 Å². The zero-order chi connectivity index (χ0) is 20.6. The summed E-state index contributed by atoms with van der Waals surface area (Å²) in [5.41, 5.74) is 1.56. The van der Waals surface area contributed by atoms with Gasteiger partial charge < -0.3 is 4.74 Å². The van der Waals surface area contributed by atoms with Crippen molar-refractivity contribution in [2.75, 3.05) is 12.4 Å². The van der Waals surface area contributed by atoms with E-state index in [4.69, 9.17) is 9.29 Å². The molecular formula is C19H17NO6S2. The fourth-order valence-electron chi connectivity index (χ4n) is 2.30. The number of hydrogen-bond acceptors (Lipinski definition) is 7. The normalized spacial score (nSPS) is 10.8. The molecule has 0 aliphatic heterocycles. The third-order valence-electron chi connectivity index (χ3n) is 3.68. The Labute approximate surface area is 167 Å². The van der Waals surface area contributed by atoms with E-state index in [9.17, 15) is 18.0 Å². The predicted octanol–water partition coefficient (Wildman–Crippen LogP) is 3.27. The maximum Gasteiger partial charge on any atom is 0.264 e. The van der Waals surface area contributed by atoms with Crippen molar-refractivity contribution in [1.82, 2.24) is 0 Å². The Balaban J connectivity index is 1.89. The van der Waals surface area contributed by atoms with Crippen LogP contribution in [-0.2, 0) is 14.9 Å². The van der Waals surface area contributed by atoms with Crippen molar-refractivity contribution < 1.29 is 27.3 Å². The largest absolute Gasteiger partial charge is 0.486 e. The number of thiocarbonyl (C=S) groups is 1. The lowest BCUT2D eigenvalue weighted by molar-refractivity contribution is -0.121. The van der Waals surface area contributed by atoms with Crippen LogP contribution in [-0.4, -0.2) is 42.1 Å². The quantitative estimate of drug-likeness (QED) is 0.272. The van der Waals surface area contributed by atoms with Crippen LogP contribution in [0.1, 0.15) is 28.8 Å². The molecule has 0 spiro atoms. The van der Waals surface area contributed by atoms with E-state index in [0.717, 1.165) is 0 Å². The minimum atomic E-state index is -4.07. The minimum Gasteiger partial charge on any atom is -0.486 e. The van der Waals surface area contributed by atoms with Crippen LogP contribution in [0, 0.1) is 0 Å². The Morgan fingerprint density at radius 3 is 2.14 bits per heavy atom. The van der Waals surface area contributed by atoms with E-state index < -0.39 is 15.9 Å². The van der Waals surface area contributed by atoms with E-state index in [2.05, 4.69) is 22.4 Å². The number of ketones is 2. The molecule has 0 aromatic heterocycles. The van der Waals surface area contributed by atoms with Gasteiger partial charge in [-0.25, -0.2) is 0 Å². The highest BCUT2D eigenvalue weighted by molar-refractivity contribution is 7.85. The van der Waals surface area contributed by atoms with Gasteiger partial charge >= 0.3 is 0 Å². The summed E-state index contributed by atoms with van der Waals surface area (Å²) in [6, 6.07) is 12.9. The van der Waals surface area contributed by atoms with Crippen LogP contribution in [0.2, 0.25) is 0 Å². The number of Topliss-reactive ketones (excluding diaryl/α,β-unsaturated/α-hetero) is 1. The fraction of sp³-hybridized carbons (Fsp3) is 0.211. The van der Waals surface area contributed by atoms with Crippen molar-refractivity contribution in [1.29, 1.82) is 0 Å². The Hall–Kier alpha value is -2.71. The Morgan fingerprint density at radius 1 is 1.04 bits per heavy atom. The Kier molecular flexibility index (Phi) is 7.71.